The molecule has 2 fully saturated rings. The van der Waals surface area contributed by atoms with Crippen LogP contribution < -0.4 is 15.4 Å². The van der Waals surface area contributed by atoms with Gasteiger partial charge in [-0.15, -0.1) is 0 Å². The van der Waals surface area contributed by atoms with Crippen molar-refractivity contribution in [3.05, 3.63) is 29.8 Å². The van der Waals surface area contributed by atoms with Crippen molar-refractivity contribution < 1.29 is 4.74 Å². The van der Waals surface area contributed by atoms with Crippen LogP contribution in [0.2, 0.25) is 0 Å². The summed E-state index contributed by atoms with van der Waals surface area (Å²) in [7, 11) is 5.80. The number of guanidine groups is 1. The van der Waals surface area contributed by atoms with Crippen molar-refractivity contribution in [2.45, 2.75) is 31.7 Å². The van der Waals surface area contributed by atoms with Gasteiger partial charge < -0.3 is 25.2 Å². The molecule has 2 saturated heterocycles. The van der Waals surface area contributed by atoms with E-state index in [4.69, 9.17) is 4.74 Å². The first-order valence-electron chi connectivity index (χ1n) is 11.9. The van der Waals surface area contributed by atoms with Gasteiger partial charge in [-0.25, -0.2) is 0 Å². The normalized spacial score (nSPS) is 20.8. The molecule has 2 N–H and O–H groups in total. The Morgan fingerprint density at radius 2 is 1.74 bits per heavy atom. The minimum Gasteiger partial charge on any atom is -0.497 e. The van der Waals surface area contributed by atoms with Crippen LogP contribution in [0.5, 0.6) is 5.75 Å². The number of nitrogens with zero attached hydrogens (tertiary/aromatic N) is 4. The van der Waals surface area contributed by atoms with E-state index in [2.05, 4.69) is 61.6 Å². The fourth-order valence-corrected chi connectivity index (χ4v) is 4.58. The maximum atomic E-state index is 5.35. The van der Waals surface area contributed by atoms with Crippen molar-refractivity contribution in [3.63, 3.8) is 0 Å². The molecule has 0 radical (unpaired) electrons. The number of rotatable bonds is 8. The minimum absolute atomic E-state index is 0.339. The molecule has 2 heterocycles. The molecule has 0 aliphatic carbocycles. The average molecular weight is 431 g/mol. The Balaban J connectivity index is 1.52. The van der Waals surface area contributed by atoms with Crippen LogP contribution in [-0.2, 0) is 0 Å². The Morgan fingerprint density at radius 3 is 2.45 bits per heavy atom. The van der Waals surface area contributed by atoms with Crippen molar-refractivity contribution in [2.24, 2.45) is 4.99 Å². The standard InChI is InChI=1S/C24H42N6O/c1-25-24(26-12-17-29-14-7-13-28(2)18-19-29)27-20-23(30-15-5-4-6-16-30)21-8-10-22(31-3)11-9-21/h8-11,23H,4-7,12-20H2,1-3H3,(H2,25,26,27). The number of likely N-dealkylation sites (tertiary alicyclic amines) is 1. The lowest BCUT2D eigenvalue weighted by Crippen LogP contribution is -2.46. The number of piperidine rings is 1. The maximum absolute atomic E-state index is 5.35. The first-order chi connectivity index (χ1) is 15.2. The molecule has 174 valence electrons. The van der Waals surface area contributed by atoms with E-state index in [0.29, 0.717) is 6.04 Å². The highest BCUT2D eigenvalue weighted by molar-refractivity contribution is 5.79. The molecule has 1 unspecified atom stereocenters. The molecule has 0 spiro atoms. The Kier molecular flexibility index (Phi) is 9.90. The van der Waals surface area contributed by atoms with Gasteiger partial charge in [-0.3, -0.25) is 9.89 Å². The van der Waals surface area contributed by atoms with Crippen molar-refractivity contribution in [3.8, 4) is 5.75 Å². The van der Waals surface area contributed by atoms with Crippen molar-refractivity contribution in [1.29, 1.82) is 0 Å². The topological polar surface area (TPSA) is 55.4 Å². The zero-order chi connectivity index (χ0) is 21.9. The molecule has 1 aromatic carbocycles. The van der Waals surface area contributed by atoms with Crippen LogP contribution in [0.25, 0.3) is 0 Å². The van der Waals surface area contributed by atoms with Gasteiger partial charge in [0, 0.05) is 39.8 Å². The molecule has 0 amide bonds. The number of hydrogen-bond donors (Lipinski definition) is 2. The first-order valence-corrected chi connectivity index (χ1v) is 11.9. The second-order valence-electron chi connectivity index (χ2n) is 8.76. The largest absolute Gasteiger partial charge is 0.497 e. The van der Waals surface area contributed by atoms with Gasteiger partial charge in [0.1, 0.15) is 5.75 Å². The van der Waals surface area contributed by atoms with Gasteiger partial charge in [-0.2, -0.15) is 0 Å². The summed E-state index contributed by atoms with van der Waals surface area (Å²) in [4.78, 5) is 12.1. The number of methoxy groups -OCH3 is 1. The number of nitrogens with one attached hydrogen (secondary N) is 2. The summed E-state index contributed by atoms with van der Waals surface area (Å²) in [6.45, 7) is 9.85. The lowest BCUT2D eigenvalue weighted by molar-refractivity contribution is 0.164. The summed E-state index contributed by atoms with van der Waals surface area (Å²) in [6, 6.07) is 8.88. The molecule has 7 heteroatoms. The third-order valence-corrected chi connectivity index (χ3v) is 6.55. The van der Waals surface area contributed by atoms with Crippen LogP contribution in [0.3, 0.4) is 0 Å². The number of likely N-dealkylation sites (N-methyl/N-ethyl adjacent to an activating group) is 1. The molecule has 0 aromatic heterocycles. The molecule has 1 aromatic rings. The fraction of sp³-hybridized carbons (Fsp3) is 0.708. The quantitative estimate of drug-likeness (QED) is 0.486. The molecular formula is C24H42N6O. The van der Waals surface area contributed by atoms with Gasteiger partial charge in [0.25, 0.3) is 0 Å². The van der Waals surface area contributed by atoms with Crippen LogP contribution in [-0.4, -0.2) is 101 Å². The summed E-state index contributed by atoms with van der Waals surface area (Å²) in [5.74, 6) is 1.80. The maximum Gasteiger partial charge on any atom is 0.191 e. The van der Waals surface area contributed by atoms with Crippen molar-refractivity contribution in [1.82, 2.24) is 25.3 Å². The Morgan fingerprint density at radius 1 is 0.968 bits per heavy atom. The lowest BCUT2D eigenvalue weighted by atomic mass is 10.0. The molecule has 2 aliphatic heterocycles. The van der Waals surface area contributed by atoms with E-state index < -0.39 is 0 Å². The van der Waals surface area contributed by atoms with Gasteiger partial charge in [-0.05, 0) is 70.2 Å². The van der Waals surface area contributed by atoms with E-state index in [1.165, 1.54) is 44.3 Å². The average Bonchev–Trinajstić information content (AvgIpc) is 3.03. The van der Waals surface area contributed by atoms with E-state index in [-0.39, 0.29) is 0 Å². The van der Waals surface area contributed by atoms with Crippen LogP contribution in [0.1, 0.15) is 37.3 Å². The van der Waals surface area contributed by atoms with E-state index in [9.17, 15) is 0 Å². The van der Waals surface area contributed by atoms with Gasteiger partial charge in [0.05, 0.1) is 13.2 Å². The van der Waals surface area contributed by atoms with E-state index in [1.54, 1.807) is 7.11 Å². The second-order valence-corrected chi connectivity index (χ2v) is 8.76. The SMILES string of the molecule is CN=C(NCCN1CCCN(C)CC1)NCC(c1ccc(OC)cc1)N1CCCCC1. The summed E-state index contributed by atoms with van der Waals surface area (Å²) in [5, 5.41) is 7.11. The molecule has 0 bridgehead atoms. The summed E-state index contributed by atoms with van der Waals surface area (Å²) in [6.07, 6.45) is 5.16. The number of ether oxygens (including phenoxy) is 1. The Bertz CT molecular complexity index is 659. The van der Waals surface area contributed by atoms with Gasteiger partial charge in [-0.1, -0.05) is 18.6 Å². The highest BCUT2D eigenvalue weighted by Crippen LogP contribution is 2.25. The molecule has 7 nitrogen and oxygen atoms in total. The summed E-state index contributed by atoms with van der Waals surface area (Å²) < 4.78 is 5.35. The molecule has 31 heavy (non-hydrogen) atoms. The molecule has 2 aliphatic rings. The van der Waals surface area contributed by atoms with Gasteiger partial charge in [0.2, 0.25) is 0 Å². The van der Waals surface area contributed by atoms with Gasteiger partial charge in [0.15, 0.2) is 5.96 Å². The molecule has 1 atom stereocenters. The zero-order valence-electron chi connectivity index (χ0n) is 19.8. The number of hydrogen-bond acceptors (Lipinski definition) is 5. The Hall–Kier alpha value is -1.83. The van der Waals surface area contributed by atoms with E-state index in [1.807, 2.05) is 7.05 Å². The highest BCUT2D eigenvalue weighted by Gasteiger charge is 2.22. The second kappa shape index (κ2) is 12.9. The number of aliphatic imine (C=N–C) groups is 1. The smallest absolute Gasteiger partial charge is 0.191 e. The summed E-state index contributed by atoms with van der Waals surface area (Å²) in [5.41, 5.74) is 1.33. The van der Waals surface area contributed by atoms with Crippen LogP contribution >= 0.6 is 0 Å². The zero-order valence-corrected chi connectivity index (χ0v) is 19.8. The monoisotopic (exact) mass is 430 g/mol. The molecular weight excluding hydrogens is 388 g/mol. The molecule has 0 saturated carbocycles. The van der Waals surface area contributed by atoms with Gasteiger partial charge >= 0.3 is 0 Å². The summed E-state index contributed by atoms with van der Waals surface area (Å²) >= 11 is 0. The predicted octanol–water partition coefficient (Wildman–Crippen LogP) is 2.02. The van der Waals surface area contributed by atoms with E-state index in [0.717, 1.165) is 57.5 Å². The van der Waals surface area contributed by atoms with Crippen molar-refractivity contribution >= 4 is 5.96 Å². The third kappa shape index (κ3) is 7.66. The lowest BCUT2D eigenvalue weighted by Gasteiger charge is -2.35. The van der Waals surface area contributed by atoms with Crippen molar-refractivity contribution in [2.75, 3.05) is 80.1 Å². The number of benzene rings is 1. The third-order valence-electron chi connectivity index (χ3n) is 6.55. The van der Waals surface area contributed by atoms with Crippen LogP contribution in [0, 0.1) is 0 Å². The van der Waals surface area contributed by atoms with E-state index >= 15 is 0 Å². The predicted molar refractivity (Wildman–Crippen MR) is 129 cm³/mol. The fourth-order valence-electron chi connectivity index (χ4n) is 4.58. The Labute approximate surface area is 188 Å². The van der Waals surface area contributed by atoms with Crippen LogP contribution in [0.4, 0.5) is 0 Å². The molecule has 3 rings (SSSR count). The minimum atomic E-state index is 0.339. The van der Waals surface area contributed by atoms with Crippen LogP contribution in [0.15, 0.2) is 29.3 Å². The highest BCUT2D eigenvalue weighted by atomic mass is 16.5. The first kappa shape index (κ1) is 23.8.